The van der Waals surface area contributed by atoms with E-state index >= 15 is 0 Å². The first-order chi connectivity index (χ1) is 15.5. The van der Waals surface area contributed by atoms with Gasteiger partial charge in [0.15, 0.2) is 0 Å². The third-order valence-electron chi connectivity index (χ3n) is 8.04. The van der Waals surface area contributed by atoms with Gasteiger partial charge in [0.1, 0.15) is 17.6 Å². The number of aliphatic carboxylic acids is 1. The molecule has 0 radical (unpaired) electrons. The first kappa shape index (κ1) is 25.7. The Hall–Kier alpha value is -1.93. The molecule has 0 saturated carbocycles. The third kappa shape index (κ3) is 3.89. The van der Waals surface area contributed by atoms with Crippen LogP contribution in [0.5, 0.6) is 0 Å². The highest BCUT2D eigenvalue weighted by Crippen LogP contribution is 2.65. The summed E-state index contributed by atoms with van der Waals surface area (Å²) >= 11 is 0. The Morgan fingerprint density at radius 2 is 2.06 bits per heavy atom. The molecular weight excluding hydrogens is 424 g/mol. The van der Waals surface area contributed by atoms with Crippen molar-refractivity contribution in [3.63, 3.8) is 0 Å². The zero-order chi connectivity index (χ0) is 24.7. The number of carboxylic acid groups (broad SMARTS) is 1. The molecular formula is C25H40N2O6. The molecule has 0 aromatic rings. The molecule has 2 bridgehead atoms. The Morgan fingerprint density at radius 1 is 1.39 bits per heavy atom. The summed E-state index contributed by atoms with van der Waals surface area (Å²) in [5, 5.41) is 20.4. The van der Waals surface area contributed by atoms with Crippen LogP contribution in [-0.2, 0) is 19.1 Å². The Balaban J connectivity index is 2.14. The Labute approximate surface area is 196 Å². The van der Waals surface area contributed by atoms with Crippen LogP contribution >= 0.6 is 0 Å². The maximum Gasteiger partial charge on any atom is 0.310 e. The van der Waals surface area contributed by atoms with Crippen LogP contribution in [0.15, 0.2) is 12.7 Å². The molecule has 8 nitrogen and oxygen atoms in total. The van der Waals surface area contributed by atoms with Crippen molar-refractivity contribution in [3.05, 3.63) is 12.7 Å². The maximum absolute atomic E-state index is 14.1. The summed E-state index contributed by atoms with van der Waals surface area (Å²) in [5.74, 6) is -3.63. The van der Waals surface area contributed by atoms with Gasteiger partial charge in [0.25, 0.3) is 0 Å². The quantitative estimate of drug-likeness (QED) is 0.455. The zero-order valence-corrected chi connectivity index (χ0v) is 20.6. The summed E-state index contributed by atoms with van der Waals surface area (Å²) in [6.45, 7) is 14.1. The topological polar surface area (TPSA) is 107 Å². The standard InChI is InChI=1S/C25H40N2O6/c1-7-9-11-26(10-8-2)22(30)20-25-13-16(5)24(6,33-25)19(23(31)32)18(25)21(29)27(20)17(14-28)12-15(3)4/h8,15-20,28H,2,7,9-14H2,1,3-6H3,(H,31,32)/t16?,17-,18+,19-,20?,24+,25?/m1/s1. The molecule has 2 N–H and O–H groups in total. The van der Waals surface area contributed by atoms with Gasteiger partial charge in [0.2, 0.25) is 11.8 Å². The van der Waals surface area contributed by atoms with Gasteiger partial charge in [-0.25, -0.2) is 0 Å². The number of amides is 2. The molecule has 7 atom stereocenters. The highest BCUT2D eigenvalue weighted by Gasteiger charge is 2.80. The number of aliphatic hydroxyl groups excluding tert-OH is 1. The van der Waals surface area contributed by atoms with Gasteiger partial charge in [-0.05, 0) is 38.0 Å². The van der Waals surface area contributed by atoms with E-state index in [1.165, 1.54) is 4.90 Å². The second kappa shape index (κ2) is 9.37. The van der Waals surface area contributed by atoms with E-state index in [-0.39, 0.29) is 30.3 Å². The minimum Gasteiger partial charge on any atom is -0.481 e. The van der Waals surface area contributed by atoms with Gasteiger partial charge in [0.05, 0.1) is 24.2 Å². The van der Waals surface area contributed by atoms with E-state index in [4.69, 9.17) is 4.74 Å². The summed E-state index contributed by atoms with van der Waals surface area (Å²) in [6.07, 6.45) is 4.32. The molecule has 3 fully saturated rings. The van der Waals surface area contributed by atoms with Crippen molar-refractivity contribution in [2.45, 2.75) is 83.6 Å². The fraction of sp³-hybridized carbons (Fsp3) is 0.800. The van der Waals surface area contributed by atoms with Crippen molar-refractivity contribution in [1.82, 2.24) is 9.80 Å². The van der Waals surface area contributed by atoms with Gasteiger partial charge < -0.3 is 24.7 Å². The molecule has 33 heavy (non-hydrogen) atoms. The van der Waals surface area contributed by atoms with Crippen LogP contribution < -0.4 is 0 Å². The van der Waals surface area contributed by atoms with Gasteiger partial charge in [-0.15, -0.1) is 6.58 Å². The molecule has 1 spiro atoms. The Kier molecular flexibility index (Phi) is 7.30. The summed E-state index contributed by atoms with van der Waals surface area (Å²) in [4.78, 5) is 43.6. The summed E-state index contributed by atoms with van der Waals surface area (Å²) in [7, 11) is 0. The molecule has 8 heteroatoms. The van der Waals surface area contributed by atoms with E-state index in [1.807, 2.05) is 27.7 Å². The molecule has 0 aromatic carbocycles. The third-order valence-corrected chi connectivity index (χ3v) is 8.04. The van der Waals surface area contributed by atoms with Crippen LogP contribution in [0.3, 0.4) is 0 Å². The zero-order valence-electron chi connectivity index (χ0n) is 20.6. The number of carbonyl (C=O) groups is 3. The number of unbranched alkanes of at least 4 members (excludes halogenated alkanes) is 1. The number of aliphatic hydroxyl groups is 1. The minimum atomic E-state index is -1.21. The van der Waals surface area contributed by atoms with Gasteiger partial charge in [-0.1, -0.05) is 40.2 Å². The molecule has 2 amide bonds. The van der Waals surface area contributed by atoms with Crippen LogP contribution in [0.4, 0.5) is 0 Å². The highest BCUT2D eigenvalue weighted by molar-refractivity contribution is 5.98. The summed E-state index contributed by atoms with van der Waals surface area (Å²) in [5.41, 5.74) is -2.22. The number of fused-ring (bicyclic) bond motifs is 1. The smallest absolute Gasteiger partial charge is 0.310 e. The van der Waals surface area contributed by atoms with Crippen LogP contribution in [0.1, 0.15) is 60.3 Å². The molecule has 3 unspecified atom stereocenters. The Morgan fingerprint density at radius 3 is 2.58 bits per heavy atom. The number of carboxylic acids is 1. The number of rotatable bonds is 11. The van der Waals surface area contributed by atoms with E-state index < -0.39 is 41.1 Å². The molecule has 0 aliphatic carbocycles. The SMILES string of the molecule is C=CCN(CCCC)C(=O)C1N([C@@H](CO)CC(C)C)C(=O)[C@@H]2[C@H](C(=O)O)[C@@]3(C)OC12CC3C. The predicted octanol–water partition coefficient (Wildman–Crippen LogP) is 2.30. The largest absolute Gasteiger partial charge is 0.481 e. The summed E-state index contributed by atoms with van der Waals surface area (Å²) < 4.78 is 6.53. The molecule has 3 aliphatic rings. The lowest BCUT2D eigenvalue weighted by Gasteiger charge is -2.40. The van der Waals surface area contributed by atoms with Crippen molar-refractivity contribution in [1.29, 1.82) is 0 Å². The molecule has 3 rings (SSSR count). The molecule has 3 aliphatic heterocycles. The van der Waals surface area contributed by atoms with Gasteiger partial charge in [0, 0.05) is 13.1 Å². The second-order valence-corrected chi connectivity index (χ2v) is 10.7. The van der Waals surface area contributed by atoms with Gasteiger partial charge >= 0.3 is 5.97 Å². The minimum absolute atomic E-state index is 0.126. The van der Waals surface area contributed by atoms with Crippen molar-refractivity contribution in [3.8, 4) is 0 Å². The number of hydrogen-bond donors (Lipinski definition) is 2. The van der Waals surface area contributed by atoms with Crippen LogP contribution in [0.2, 0.25) is 0 Å². The molecule has 3 heterocycles. The number of likely N-dealkylation sites (tertiary alicyclic amines) is 1. The van der Waals surface area contributed by atoms with E-state index in [1.54, 1.807) is 17.9 Å². The van der Waals surface area contributed by atoms with Crippen LogP contribution in [0, 0.1) is 23.7 Å². The molecule has 3 saturated heterocycles. The first-order valence-corrected chi connectivity index (χ1v) is 12.3. The van der Waals surface area contributed by atoms with E-state index in [0.717, 1.165) is 12.8 Å². The number of carbonyl (C=O) groups excluding carboxylic acids is 2. The maximum atomic E-state index is 14.1. The predicted molar refractivity (Wildman–Crippen MR) is 123 cm³/mol. The van der Waals surface area contributed by atoms with Crippen molar-refractivity contribution in [2.24, 2.45) is 23.7 Å². The Bertz CT molecular complexity index is 800. The fourth-order valence-corrected chi connectivity index (χ4v) is 6.51. The average Bonchev–Trinajstić information content (AvgIpc) is 3.25. The lowest BCUT2D eigenvalue weighted by Crippen LogP contribution is -2.59. The number of hydrogen-bond acceptors (Lipinski definition) is 5. The lowest BCUT2D eigenvalue weighted by atomic mass is 9.62. The number of nitrogens with zero attached hydrogens (tertiary/aromatic N) is 2. The number of ether oxygens (including phenoxy) is 1. The monoisotopic (exact) mass is 464 g/mol. The van der Waals surface area contributed by atoms with Crippen LogP contribution in [0.25, 0.3) is 0 Å². The average molecular weight is 465 g/mol. The van der Waals surface area contributed by atoms with Gasteiger partial charge in [-0.2, -0.15) is 0 Å². The van der Waals surface area contributed by atoms with E-state index in [2.05, 4.69) is 6.58 Å². The fourth-order valence-electron chi connectivity index (χ4n) is 6.51. The normalized spacial score (nSPS) is 35.7. The first-order valence-electron chi connectivity index (χ1n) is 12.3. The summed E-state index contributed by atoms with van der Waals surface area (Å²) in [6, 6.07) is -1.54. The van der Waals surface area contributed by atoms with Crippen molar-refractivity contribution < 1.29 is 29.3 Å². The van der Waals surface area contributed by atoms with E-state index in [9.17, 15) is 24.6 Å². The van der Waals surface area contributed by atoms with Crippen molar-refractivity contribution in [2.75, 3.05) is 19.7 Å². The van der Waals surface area contributed by atoms with Crippen LogP contribution in [-0.4, -0.2) is 80.8 Å². The highest BCUT2D eigenvalue weighted by atomic mass is 16.5. The molecule has 186 valence electrons. The molecule has 0 aromatic heterocycles. The van der Waals surface area contributed by atoms with Crippen molar-refractivity contribution >= 4 is 17.8 Å². The lowest BCUT2D eigenvalue weighted by molar-refractivity contribution is -0.160. The van der Waals surface area contributed by atoms with E-state index in [0.29, 0.717) is 25.9 Å². The second-order valence-electron chi connectivity index (χ2n) is 10.7. The van der Waals surface area contributed by atoms with Gasteiger partial charge in [-0.3, -0.25) is 14.4 Å².